The third-order valence-electron chi connectivity index (χ3n) is 1.55. The van der Waals surface area contributed by atoms with Gasteiger partial charge in [0, 0.05) is 13.0 Å². The molecule has 0 saturated carbocycles. The number of aryl methyl sites for hydroxylation is 1. The minimum atomic E-state index is -0.955. The largest absolute Gasteiger partial charge is 0.448 e. The van der Waals surface area contributed by atoms with E-state index in [0.717, 1.165) is 0 Å². The van der Waals surface area contributed by atoms with Crippen molar-refractivity contribution >= 4 is 0 Å². The molecule has 1 aromatic rings. The van der Waals surface area contributed by atoms with Gasteiger partial charge in [-0.1, -0.05) is 6.92 Å². The van der Waals surface area contributed by atoms with Gasteiger partial charge in [0.2, 0.25) is 6.29 Å². The second kappa shape index (κ2) is 4.23. The molecule has 4 nitrogen and oxygen atoms in total. The van der Waals surface area contributed by atoms with Gasteiger partial charge in [0.15, 0.2) is 6.39 Å². The summed E-state index contributed by atoms with van der Waals surface area (Å²) < 4.78 is 9.99. The van der Waals surface area contributed by atoms with E-state index in [1.54, 1.807) is 0 Å². The summed E-state index contributed by atoms with van der Waals surface area (Å²) in [4.78, 5) is 3.86. The Morgan fingerprint density at radius 1 is 1.67 bits per heavy atom. The quantitative estimate of drug-likeness (QED) is 0.693. The van der Waals surface area contributed by atoms with Gasteiger partial charge in [-0.3, -0.25) is 0 Å². The van der Waals surface area contributed by atoms with E-state index in [-0.39, 0.29) is 0 Å². The van der Waals surface area contributed by atoms with Crippen molar-refractivity contribution in [3.8, 4) is 0 Å². The molecule has 68 valence electrons. The maximum absolute atomic E-state index is 9.38. The standard InChI is InChI=1S/C8H13NO3/c1-3-6-7(9-5-12-6)8(10)11-4-2/h5,8,10H,3-4H2,1-2H3. The molecule has 0 aliphatic rings. The van der Waals surface area contributed by atoms with Crippen molar-refractivity contribution in [3.05, 3.63) is 17.8 Å². The van der Waals surface area contributed by atoms with Crippen LogP contribution in [0.15, 0.2) is 10.8 Å². The van der Waals surface area contributed by atoms with Crippen LogP contribution in [0.3, 0.4) is 0 Å². The van der Waals surface area contributed by atoms with Gasteiger partial charge >= 0.3 is 0 Å². The normalized spacial score (nSPS) is 13.2. The van der Waals surface area contributed by atoms with Gasteiger partial charge < -0.3 is 14.3 Å². The molecule has 0 spiro atoms. The zero-order valence-corrected chi connectivity index (χ0v) is 7.28. The molecule has 12 heavy (non-hydrogen) atoms. The monoisotopic (exact) mass is 171 g/mol. The summed E-state index contributed by atoms with van der Waals surface area (Å²) in [6.45, 7) is 4.20. The lowest BCUT2D eigenvalue weighted by Crippen LogP contribution is -2.05. The van der Waals surface area contributed by atoms with Crippen LogP contribution < -0.4 is 0 Å². The van der Waals surface area contributed by atoms with Crippen LogP contribution in [0.5, 0.6) is 0 Å². The van der Waals surface area contributed by atoms with Crippen molar-refractivity contribution in [1.29, 1.82) is 0 Å². The summed E-state index contributed by atoms with van der Waals surface area (Å²) in [7, 11) is 0. The Hall–Kier alpha value is -0.870. The third-order valence-corrected chi connectivity index (χ3v) is 1.55. The molecule has 4 heteroatoms. The third kappa shape index (κ3) is 1.84. The Morgan fingerprint density at radius 3 is 3.00 bits per heavy atom. The van der Waals surface area contributed by atoms with Crippen molar-refractivity contribution in [2.45, 2.75) is 26.6 Å². The van der Waals surface area contributed by atoms with Crippen LogP contribution in [0.4, 0.5) is 0 Å². The van der Waals surface area contributed by atoms with Gasteiger partial charge in [-0.2, -0.15) is 0 Å². The SMILES string of the molecule is CCOC(O)c1ncoc1CC. The fourth-order valence-electron chi connectivity index (χ4n) is 0.982. The minimum absolute atomic E-state index is 0.456. The summed E-state index contributed by atoms with van der Waals surface area (Å²) in [6, 6.07) is 0. The molecule has 1 atom stereocenters. The minimum Gasteiger partial charge on any atom is -0.448 e. The van der Waals surface area contributed by atoms with E-state index in [4.69, 9.17) is 9.15 Å². The van der Waals surface area contributed by atoms with Gasteiger partial charge in [0.05, 0.1) is 0 Å². The maximum Gasteiger partial charge on any atom is 0.202 e. The second-order valence-electron chi connectivity index (χ2n) is 2.32. The van der Waals surface area contributed by atoms with E-state index in [0.29, 0.717) is 24.5 Å². The maximum atomic E-state index is 9.38. The molecule has 0 aliphatic carbocycles. The average molecular weight is 171 g/mol. The van der Waals surface area contributed by atoms with E-state index in [9.17, 15) is 5.11 Å². The molecule has 0 fully saturated rings. The number of ether oxygens (including phenoxy) is 1. The first-order chi connectivity index (χ1) is 5.79. The predicted octanol–water partition coefficient (Wildman–Crippen LogP) is 1.26. The molecular weight excluding hydrogens is 158 g/mol. The summed E-state index contributed by atoms with van der Waals surface area (Å²) in [6.07, 6.45) is 1.07. The number of rotatable bonds is 4. The first-order valence-corrected chi connectivity index (χ1v) is 4.01. The van der Waals surface area contributed by atoms with Crippen LogP contribution >= 0.6 is 0 Å². The molecular formula is C8H13NO3. The zero-order chi connectivity index (χ0) is 8.97. The number of aromatic nitrogens is 1. The summed E-state index contributed by atoms with van der Waals surface area (Å²) in [5.74, 6) is 0.677. The first-order valence-electron chi connectivity index (χ1n) is 4.01. The van der Waals surface area contributed by atoms with Crippen molar-refractivity contribution < 1.29 is 14.3 Å². The van der Waals surface area contributed by atoms with Gasteiger partial charge in [0.1, 0.15) is 11.5 Å². The first kappa shape index (κ1) is 9.22. The van der Waals surface area contributed by atoms with E-state index < -0.39 is 6.29 Å². The lowest BCUT2D eigenvalue weighted by molar-refractivity contribution is -0.101. The van der Waals surface area contributed by atoms with Crippen molar-refractivity contribution in [2.24, 2.45) is 0 Å². The highest BCUT2D eigenvalue weighted by Crippen LogP contribution is 2.17. The number of nitrogens with zero attached hydrogens (tertiary/aromatic N) is 1. The number of aliphatic hydroxyl groups excluding tert-OH is 1. The molecule has 0 radical (unpaired) electrons. The van der Waals surface area contributed by atoms with Crippen molar-refractivity contribution in [2.75, 3.05) is 6.61 Å². The summed E-state index contributed by atoms with van der Waals surface area (Å²) in [5, 5.41) is 9.38. The Kier molecular flexibility index (Phi) is 3.25. The lowest BCUT2D eigenvalue weighted by atomic mass is 10.3. The Morgan fingerprint density at radius 2 is 2.42 bits per heavy atom. The van der Waals surface area contributed by atoms with Crippen LogP contribution in [0, 0.1) is 0 Å². The molecule has 0 saturated heterocycles. The molecule has 1 unspecified atom stereocenters. The highest BCUT2D eigenvalue weighted by atomic mass is 16.6. The molecule has 1 N–H and O–H groups in total. The van der Waals surface area contributed by atoms with E-state index in [2.05, 4.69) is 4.98 Å². The topological polar surface area (TPSA) is 55.5 Å². The smallest absolute Gasteiger partial charge is 0.202 e. The molecule has 0 aliphatic heterocycles. The van der Waals surface area contributed by atoms with Crippen LogP contribution in [0.1, 0.15) is 31.6 Å². The Labute approximate surface area is 71.2 Å². The Bertz CT molecular complexity index is 234. The summed E-state index contributed by atoms with van der Waals surface area (Å²) in [5.41, 5.74) is 0.486. The second-order valence-corrected chi connectivity index (χ2v) is 2.32. The number of aliphatic hydroxyl groups is 1. The number of oxazole rings is 1. The fraction of sp³-hybridized carbons (Fsp3) is 0.625. The van der Waals surface area contributed by atoms with E-state index in [1.807, 2.05) is 13.8 Å². The fourth-order valence-corrected chi connectivity index (χ4v) is 0.982. The van der Waals surface area contributed by atoms with E-state index in [1.165, 1.54) is 6.39 Å². The molecule has 1 heterocycles. The highest BCUT2D eigenvalue weighted by Gasteiger charge is 2.15. The highest BCUT2D eigenvalue weighted by molar-refractivity contribution is 5.07. The van der Waals surface area contributed by atoms with Crippen LogP contribution in [0.25, 0.3) is 0 Å². The molecule has 0 amide bonds. The van der Waals surface area contributed by atoms with Crippen LogP contribution in [-0.2, 0) is 11.2 Å². The molecule has 1 rings (SSSR count). The lowest BCUT2D eigenvalue weighted by Gasteiger charge is -2.07. The van der Waals surface area contributed by atoms with E-state index >= 15 is 0 Å². The van der Waals surface area contributed by atoms with Crippen molar-refractivity contribution in [1.82, 2.24) is 4.98 Å². The van der Waals surface area contributed by atoms with Crippen LogP contribution in [0.2, 0.25) is 0 Å². The number of hydrogen-bond donors (Lipinski definition) is 1. The number of hydrogen-bond acceptors (Lipinski definition) is 4. The zero-order valence-electron chi connectivity index (χ0n) is 7.28. The van der Waals surface area contributed by atoms with Gasteiger partial charge in [-0.25, -0.2) is 4.98 Å². The van der Waals surface area contributed by atoms with Gasteiger partial charge in [-0.05, 0) is 6.92 Å². The van der Waals surface area contributed by atoms with Crippen LogP contribution in [-0.4, -0.2) is 16.7 Å². The Balaban J connectivity index is 2.71. The molecule has 1 aromatic heterocycles. The molecule has 0 aromatic carbocycles. The van der Waals surface area contributed by atoms with Gasteiger partial charge in [0.25, 0.3) is 0 Å². The summed E-state index contributed by atoms with van der Waals surface area (Å²) >= 11 is 0. The molecule has 0 bridgehead atoms. The van der Waals surface area contributed by atoms with Crippen molar-refractivity contribution in [3.63, 3.8) is 0 Å². The predicted molar refractivity (Wildman–Crippen MR) is 42.5 cm³/mol. The average Bonchev–Trinajstić information content (AvgIpc) is 2.51. The van der Waals surface area contributed by atoms with Gasteiger partial charge in [-0.15, -0.1) is 0 Å².